The minimum absolute atomic E-state index is 0.0468. The summed E-state index contributed by atoms with van der Waals surface area (Å²) < 4.78 is 11.9. The van der Waals surface area contributed by atoms with Crippen LogP contribution in [-0.2, 0) is 14.2 Å². The number of aliphatic carboxylic acids is 1. The van der Waals surface area contributed by atoms with Gasteiger partial charge in [0, 0.05) is 50.8 Å². The van der Waals surface area contributed by atoms with E-state index >= 15 is 0 Å². The second-order valence-electron chi connectivity index (χ2n) is 9.25. The lowest BCUT2D eigenvalue weighted by Gasteiger charge is -2.36. The molecule has 2 heterocycles. The van der Waals surface area contributed by atoms with Crippen LogP contribution >= 0.6 is 7.60 Å². The average molecular weight is 563 g/mol. The number of unbranched alkanes of at least 4 members (excludes halogenated alkanes) is 1. The molecule has 3 rings (SSSR count). The zero-order chi connectivity index (χ0) is 28.4. The number of anilines is 1. The summed E-state index contributed by atoms with van der Waals surface area (Å²) in [5, 5.41) is 14.3. The van der Waals surface area contributed by atoms with Gasteiger partial charge in [-0.05, 0) is 26.3 Å². The van der Waals surface area contributed by atoms with Crippen LogP contribution in [0.1, 0.15) is 36.7 Å². The number of piperazine rings is 1. The highest BCUT2D eigenvalue weighted by Crippen LogP contribution is 2.35. The van der Waals surface area contributed by atoms with Crippen LogP contribution in [0.4, 0.5) is 5.82 Å². The summed E-state index contributed by atoms with van der Waals surface area (Å²) in [6.07, 6.45) is 0.548. The van der Waals surface area contributed by atoms with Gasteiger partial charge in [0.25, 0.3) is 5.91 Å². The van der Waals surface area contributed by atoms with Crippen LogP contribution in [0.15, 0.2) is 36.4 Å². The Morgan fingerprint density at radius 3 is 2.36 bits per heavy atom. The number of aromatic nitrogens is 2. The van der Waals surface area contributed by atoms with Crippen molar-refractivity contribution in [3.8, 4) is 11.4 Å². The van der Waals surface area contributed by atoms with Crippen LogP contribution in [0.5, 0.6) is 0 Å². The molecule has 2 amide bonds. The highest BCUT2D eigenvalue weighted by molar-refractivity contribution is 7.51. The predicted octanol–water partition coefficient (Wildman–Crippen LogP) is 1.25. The summed E-state index contributed by atoms with van der Waals surface area (Å²) in [4.78, 5) is 68.8. The third kappa shape index (κ3) is 9.70. The molecular formula is C25H35N6O7P. The van der Waals surface area contributed by atoms with Crippen molar-refractivity contribution in [1.82, 2.24) is 25.1 Å². The van der Waals surface area contributed by atoms with E-state index in [1.54, 1.807) is 12.1 Å². The highest BCUT2D eigenvalue weighted by atomic mass is 31.2. The number of nitrogens with one attached hydrogen (secondary N) is 2. The summed E-state index contributed by atoms with van der Waals surface area (Å²) >= 11 is 0. The molecule has 0 spiro atoms. The number of carboxylic acids is 1. The number of carbonyl (C=O) groups is 3. The molecule has 1 aliphatic rings. The Balaban J connectivity index is 1.71. The molecule has 1 atom stereocenters. The molecule has 0 bridgehead atoms. The third-order valence-electron chi connectivity index (χ3n) is 6.17. The maximum Gasteiger partial charge on any atom is 0.328 e. The first-order chi connectivity index (χ1) is 18.6. The number of carbonyl (C=O) groups excluding carboxylic acids is 2. The van der Waals surface area contributed by atoms with E-state index in [1.807, 2.05) is 25.1 Å². The Labute approximate surface area is 226 Å². The number of nitrogens with zero attached hydrogens (tertiary/aromatic N) is 4. The molecule has 5 N–H and O–H groups in total. The molecular weight excluding hydrogens is 527 g/mol. The molecule has 1 aromatic heterocycles. The minimum Gasteiger partial charge on any atom is -0.481 e. The van der Waals surface area contributed by atoms with E-state index in [9.17, 15) is 28.7 Å². The molecule has 1 fully saturated rings. The van der Waals surface area contributed by atoms with Gasteiger partial charge >= 0.3 is 13.6 Å². The molecule has 1 aliphatic heterocycles. The van der Waals surface area contributed by atoms with E-state index in [0.29, 0.717) is 57.1 Å². The maximum absolute atomic E-state index is 13.3. The van der Waals surface area contributed by atoms with Gasteiger partial charge in [0.15, 0.2) is 5.82 Å². The Kier molecular flexibility index (Phi) is 10.9. The fourth-order valence-electron chi connectivity index (χ4n) is 4.23. The molecule has 212 valence electrons. The Bertz CT molecular complexity index is 1180. The second-order valence-corrected chi connectivity index (χ2v) is 10.9. The number of hydrogen-bond donors (Lipinski definition) is 5. The summed E-state index contributed by atoms with van der Waals surface area (Å²) in [6.45, 7) is 4.82. The number of amides is 2. The largest absolute Gasteiger partial charge is 0.481 e. The summed E-state index contributed by atoms with van der Waals surface area (Å²) in [7, 11) is -4.66. The zero-order valence-electron chi connectivity index (χ0n) is 21.8. The van der Waals surface area contributed by atoms with E-state index in [1.165, 1.54) is 11.0 Å². The van der Waals surface area contributed by atoms with Crippen molar-refractivity contribution in [1.29, 1.82) is 0 Å². The monoisotopic (exact) mass is 562 g/mol. The molecule has 0 saturated carbocycles. The van der Waals surface area contributed by atoms with Gasteiger partial charge in [-0.25, -0.2) is 9.97 Å². The Hall–Kier alpha value is -3.38. The van der Waals surface area contributed by atoms with Crippen molar-refractivity contribution in [2.45, 2.75) is 32.2 Å². The van der Waals surface area contributed by atoms with E-state index in [0.717, 1.165) is 6.42 Å². The minimum atomic E-state index is -4.66. The molecule has 14 heteroatoms. The smallest absolute Gasteiger partial charge is 0.328 e. The van der Waals surface area contributed by atoms with Crippen molar-refractivity contribution >= 4 is 31.2 Å². The lowest BCUT2D eigenvalue weighted by Crippen LogP contribution is -2.56. The molecule has 1 aromatic carbocycles. The molecule has 1 saturated heterocycles. The van der Waals surface area contributed by atoms with Gasteiger partial charge in [0.2, 0.25) is 5.91 Å². The maximum atomic E-state index is 13.3. The van der Waals surface area contributed by atoms with Crippen LogP contribution < -0.4 is 10.6 Å². The van der Waals surface area contributed by atoms with Gasteiger partial charge in [0.1, 0.15) is 17.6 Å². The van der Waals surface area contributed by atoms with Gasteiger partial charge in [-0.15, -0.1) is 0 Å². The summed E-state index contributed by atoms with van der Waals surface area (Å²) in [5.41, 5.74) is 0.629. The van der Waals surface area contributed by atoms with Gasteiger partial charge in [-0.3, -0.25) is 23.8 Å². The number of hydrogen-bond acceptors (Lipinski definition) is 8. The molecule has 39 heavy (non-hydrogen) atoms. The van der Waals surface area contributed by atoms with Crippen molar-refractivity contribution in [2.24, 2.45) is 0 Å². The number of rotatable bonds is 13. The van der Waals surface area contributed by atoms with Crippen molar-refractivity contribution in [2.75, 3.05) is 50.7 Å². The van der Waals surface area contributed by atoms with E-state index in [-0.39, 0.29) is 17.9 Å². The van der Waals surface area contributed by atoms with Crippen LogP contribution in [0.3, 0.4) is 0 Å². The van der Waals surface area contributed by atoms with Gasteiger partial charge < -0.3 is 30.4 Å². The average Bonchev–Trinajstić information content (AvgIpc) is 2.90. The second kappa shape index (κ2) is 14.1. The van der Waals surface area contributed by atoms with Gasteiger partial charge in [0.05, 0.1) is 6.16 Å². The standard InChI is InChI=1S/C25H35N6O7P/c1-2-26-21-16-19(27-23(29-21)18-8-4-3-5-9-18)24(34)28-20(17-39(36,37)38)25(35)31-14-12-30(13-15-31)11-7-6-10-22(32)33/h3-5,8-9,16,20H,2,6-7,10-15,17H2,1H3,(H,28,34)(H,32,33)(H,26,27,29)(H2,36,37,38)/t20-/m0/s1. The van der Waals surface area contributed by atoms with Gasteiger partial charge in [-0.2, -0.15) is 0 Å². The fourth-order valence-corrected chi connectivity index (χ4v) is 4.95. The first kappa shape index (κ1) is 30.2. The first-order valence-electron chi connectivity index (χ1n) is 12.8. The van der Waals surface area contributed by atoms with Crippen molar-refractivity contribution in [3.63, 3.8) is 0 Å². The Morgan fingerprint density at radius 2 is 1.74 bits per heavy atom. The summed E-state index contributed by atoms with van der Waals surface area (Å²) in [5.74, 6) is -1.48. The molecule has 0 unspecified atom stereocenters. The molecule has 13 nitrogen and oxygen atoms in total. The Morgan fingerprint density at radius 1 is 1.05 bits per heavy atom. The van der Waals surface area contributed by atoms with Crippen LogP contribution in [0.25, 0.3) is 11.4 Å². The quantitative estimate of drug-likeness (QED) is 0.175. The zero-order valence-corrected chi connectivity index (χ0v) is 22.7. The normalized spacial score (nSPS) is 15.0. The van der Waals surface area contributed by atoms with Crippen molar-refractivity contribution in [3.05, 3.63) is 42.1 Å². The first-order valence-corrected chi connectivity index (χ1v) is 14.6. The van der Waals surface area contributed by atoms with Crippen LogP contribution in [0, 0.1) is 0 Å². The van der Waals surface area contributed by atoms with E-state index in [4.69, 9.17) is 5.11 Å². The van der Waals surface area contributed by atoms with Crippen LogP contribution in [0.2, 0.25) is 0 Å². The molecule has 0 aliphatic carbocycles. The lowest BCUT2D eigenvalue weighted by molar-refractivity contribution is -0.137. The van der Waals surface area contributed by atoms with E-state index < -0.39 is 37.6 Å². The highest BCUT2D eigenvalue weighted by Gasteiger charge is 2.34. The predicted molar refractivity (Wildman–Crippen MR) is 144 cm³/mol. The van der Waals surface area contributed by atoms with E-state index in [2.05, 4.69) is 25.5 Å². The molecule has 2 aromatic rings. The van der Waals surface area contributed by atoms with Crippen LogP contribution in [-0.4, -0.2) is 104 Å². The molecule has 0 radical (unpaired) electrons. The third-order valence-corrected chi connectivity index (χ3v) is 7.01. The lowest BCUT2D eigenvalue weighted by atomic mass is 10.2. The fraction of sp³-hybridized carbons (Fsp3) is 0.480. The number of carboxylic acid groups (broad SMARTS) is 1. The topological polar surface area (TPSA) is 185 Å². The summed E-state index contributed by atoms with van der Waals surface area (Å²) in [6, 6.07) is 9.01. The van der Waals surface area contributed by atoms with Gasteiger partial charge in [-0.1, -0.05) is 30.3 Å². The number of benzene rings is 1. The SMILES string of the molecule is CCNc1cc(C(=O)N[C@@H](CP(=O)(O)O)C(=O)N2CCN(CCCCC(=O)O)CC2)nc(-c2ccccc2)n1. The van der Waals surface area contributed by atoms with Crippen molar-refractivity contribution < 1.29 is 33.8 Å².